The van der Waals surface area contributed by atoms with Crippen LogP contribution in [0.1, 0.15) is 24.2 Å². The molecular weight excluding hydrogens is 262 g/mol. The van der Waals surface area contributed by atoms with E-state index in [1.807, 2.05) is 0 Å². The minimum absolute atomic E-state index is 0.0888. The van der Waals surface area contributed by atoms with Crippen LogP contribution in [0.4, 0.5) is 16.2 Å². The molecule has 0 spiro atoms. The van der Waals surface area contributed by atoms with Crippen molar-refractivity contribution in [1.82, 2.24) is 4.90 Å². The normalized spacial score (nSPS) is 9.75. The van der Waals surface area contributed by atoms with Crippen LogP contribution >= 0.6 is 0 Å². The maximum atomic E-state index is 11.7. The molecule has 0 radical (unpaired) electrons. The van der Waals surface area contributed by atoms with Gasteiger partial charge >= 0.3 is 12.0 Å². The molecule has 0 saturated heterocycles. The highest BCUT2D eigenvalue weighted by Gasteiger charge is 2.15. The summed E-state index contributed by atoms with van der Waals surface area (Å²) in [6.45, 7) is 3.63. The van der Waals surface area contributed by atoms with Gasteiger partial charge in [0.05, 0.1) is 11.3 Å². The minimum Gasteiger partial charge on any atom is -0.478 e. The number of rotatable bonds is 4. The summed E-state index contributed by atoms with van der Waals surface area (Å²) < 4.78 is 0. The lowest BCUT2D eigenvalue weighted by Gasteiger charge is -2.17. The lowest BCUT2D eigenvalue weighted by molar-refractivity contribution is -0.114. The molecule has 0 aromatic heterocycles. The van der Waals surface area contributed by atoms with Crippen molar-refractivity contribution in [3.8, 4) is 0 Å². The number of aromatic carboxylic acids is 1. The molecule has 0 aliphatic heterocycles. The van der Waals surface area contributed by atoms with E-state index in [4.69, 9.17) is 5.11 Å². The third-order valence-corrected chi connectivity index (χ3v) is 2.63. The van der Waals surface area contributed by atoms with E-state index in [1.165, 1.54) is 30.0 Å². The van der Waals surface area contributed by atoms with Crippen molar-refractivity contribution >= 4 is 29.3 Å². The first-order chi connectivity index (χ1) is 9.35. The molecule has 20 heavy (non-hydrogen) atoms. The minimum atomic E-state index is -1.19. The number of carboxylic acids is 1. The summed E-state index contributed by atoms with van der Waals surface area (Å²) in [5, 5.41) is 14.2. The zero-order valence-electron chi connectivity index (χ0n) is 11.6. The molecule has 3 N–H and O–H groups in total. The average molecular weight is 279 g/mol. The summed E-state index contributed by atoms with van der Waals surface area (Å²) in [4.78, 5) is 35.3. The Bertz CT molecular complexity index is 542. The number of anilines is 2. The van der Waals surface area contributed by atoms with Crippen LogP contribution in [0.5, 0.6) is 0 Å². The van der Waals surface area contributed by atoms with Gasteiger partial charge in [0.2, 0.25) is 5.91 Å². The summed E-state index contributed by atoms with van der Waals surface area (Å²) in [5.74, 6) is -1.49. The lowest BCUT2D eigenvalue weighted by atomic mass is 10.1. The zero-order chi connectivity index (χ0) is 15.3. The third-order valence-electron chi connectivity index (χ3n) is 2.63. The number of carbonyl (C=O) groups excluding carboxylic acids is 2. The molecule has 108 valence electrons. The van der Waals surface area contributed by atoms with Gasteiger partial charge in [0, 0.05) is 26.2 Å². The summed E-state index contributed by atoms with van der Waals surface area (Å²) in [7, 11) is 1.60. The van der Waals surface area contributed by atoms with Gasteiger partial charge in [-0.25, -0.2) is 9.59 Å². The van der Waals surface area contributed by atoms with Crippen LogP contribution in [0, 0.1) is 0 Å². The highest BCUT2D eigenvalue weighted by molar-refractivity contribution is 6.01. The maximum absolute atomic E-state index is 11.7. The molecule has 0 heterocycles. The van der Waals surface area contributed by atoms with Crippen LogP contribution in [0.25, 0.3) is 0 Å². The molecule has 7 heteroatoms. The largest absolute Gasteiger partial charge is 0.478 e. The molecule has 1 aromatic rings. The summed E-state index contributed by atoms with van der Waals surface area (Å²) >= 11 is 0. The quantitative estimate of drug-likeness (QED) is 0.783. The fourth-order valence-electron chi connectivity index (χ4n) is 1.47. The number of urea groups is 1. The Morgan fingerprint density at radius 2 is 1.90 bits per heavy atom. The molecule has 0 unspecified atom stereocenters. The van der Waals surface area contributed by atoms with Crippen molar-refractivity contribution in [2.75, 3.05) is 24.2 Å². The van der Waals surface area contributed by atoms with Gasteiger partial charge in [0.25, 0.3) is 0 Å². The molecule has 1 rings (SSSR count). The van der Waals surface area contributed by atoms with Crippen LogP contribution in [0.3, 0.4) is 0 Å². The fourth-order valence-corrected chi connectivity index (χ4v) is 1.47. The number of carbonyl (C=O) groups is 3. The fraction of sp³-hybridized carbons (Fsp3) is 0.308. The molecule has 1 aromatic carbocycles. The summed E-state index contributed by atoms with van der Waals surface area (Å²) in [5.41, 5.74) is 0.447. The van der Waals surface area contributed by atoms with Gasteiger partial charge < -0.3 is 20.6 Å². The van der Waals surface area contributed by atoms with E-state index in [9.17, 15) is 14.4 Å². The maximum Gasteiger partial charge on any atom is 0.337 e. The predicted molar refractivity (Wildman–Crippen MR) is 75.0 cm³/mol. The Morgan fingerprint density at radius 1 is 1.25 bits per heavy atom. The van der Waals surface area contributed by atoms with Gasteiger partial charge in [-0.05, 0) is 25.1 Å². The Kier molecular flexibility index (Phi) is 5.08. The zero-order valence-corrected chi connectivity index (χ0v) is 11.6. The number of carboxylic acid groups (broad SMARTS) is 1. The number of amides is 3. The highest BCUT2D eigenvalue weighted by atomic mass is 16.4. The van der Waals surface area contributed by atoms with Crippen molar-refractivity contribution in [3.63, 3.8) is 0 Å². The van der Waals surface area contributed by atoms with Crippen LogP contribution in [0.15, 0.2) is 18.2 Å². The molecule has 0 aliphatic carbocycles. The smallest absolute Gasteiger partial charge is 0.337 e. The van der Waals surface area contributed by atoms with Crippen LogP contribution in [-0.2, 0) is 4.79 Å². The van der Waals surface area contributed by atoms with Gasteiger partial charge in [0.15, 0.2) is 0 Å². The second-order valence-electron chi connectivity index (χ2n) is 4.19. The van der Waals surface area contributed by atoms with Crippen molar-refractivity contribution in [1.29, 1.82) is 0 Å². The first kappa shape index (κ1) is 15.5. The number of hydrogen-bond acceptors (Lipinski definition) is 3. The van der Waals surface area contributed by atoms with E-state index in [1.54, 1.807) is 14.0 Å². The number of nitrogens with zero attached hydrogens (tertiary/aromatic N) is 1. The molecule has 3 amide bonds. The average Bonchev–Trinajstić information content (AvgIpc) is 2.38. The standard InChI is InChI=1S/C13H17N3O4/c1-4-16(3)13(20)15-11-6-5-9(14-8(2)17)7-10(11)12(18)19/h5-7H,4H2,1-3H3,(H,14,17)(H,15,20)(H,18,19). The second-order valence-corrected chi connectivity index (χ2v) is 4.19. The molecule has 7 nitrogen and oxygen atoms in total. The number of hydrogen-bond donors (Lipinski definition) is 3. The predicted octanol–water partition coefficient (Wildman–Crippen LogP) is 1.83. The van der Waals surface area contributed by atoms with Crippen LogP contribution in [0.2, 0.25) is 0 Å². The van der Waals surface area contributed by atoms with Gasteiger partial charge in [-0.3, -0.25) is 4.79 Å². The Morgan fingerprint density at radius 3 is 2.40 bits per heavy atom. The molecule has 0 saturated carbocycles. The Balaban J connectivity index is 3.04. The van der Waals surface area contributed by atoms with E-state index >= 15 is 0 Å². The van der Waals surface area contributed by atoms with Gasteiger partial charge in [-0.15, -0.1) is 0 Å². The van der Waals surface area contributed by atoms with Crippen molar-refractivity contribution in [2.24, 2.45) is 0 Å². The first-order valence-corrected chi connectivity index (χ1v) is 6.02. The topological polar surface area (TPSA) is 98.7 Å². The van der Waals surface area contributed by atoms with Crippen LogP contribution in [-0.4, -0.2) is 41.5 Å². The van der Waals surface area contributed by atoms with Crippen molar-refractivity contribution in [3.05, 3.63) is 23.8 Å². The van der Waals surface area contributed by atoms with Crippen LogP contribution < -0.4 is 10.6 Å². The summed E-state index contributed by atoms with van der Waals surface area (Å²) in [6, 6.07) is 3.86. The Labute approximate surface area is 116 Å². The van der Waals surface area contributed by atoms with Gasteiger partial charge in [-0.2, -0.15) is 0 Å². The molecule has 0 fully saturated rings. The van der Waals surface area contributed by atoms with E-state index in [0.717, 1.165) is 0 Å². The Hall–Kier alpha value is -2.57. The lowest BCUT2D eigenvalue weighted by Crippen LogP contribution is -2.31. The third kappa shape index (κ3) is 3.98. The SMILES string of the molecule is CCN(C)C(=O)Nc1ccc(NC(C)=O)cc1C(=O)O. The molecule has 0 atom stereocenters. The first-order valence-electron chi connectivity index (χ1n) is 6.02. The summed E-state index contributed by atoms with van der Waals surface area (Å²) in [6.07, 6.45) is 0. The van der Waals surface area contributed by atoms with E-state index in [2.05, 4.69) is 10.6 Å². The molecule has 0 aliphatic rings. The highest BCUT2D eigenvalue weighted by Crippen LogP contribution is 2.21. The van der Waals surface area contributed by atoms with Gasteiger partial charge in [0.1, 0.15) is 0 Å². The number of benzene rings is 1. The molecular formula is C13H17N3O4. The van der Waals surface area contributed by atoms with Crippen molar-refractivity contribution < 1.29 is 19.5 Å². The van der Waals surface area contributed by atoms with E-state index in [-0.39, 0.29) is 17.2 Å². The monoisotopic (exact) mass is 279 g/mol. The van der Waals surface area contributed by atoms with E-state index < -0.39 is 12.0 Å². The van der Waals surface area contributed by atoms with Crippen molar-refractivity contribution in [2.45, 2.75) is 13.8 Å². The van der Waals surface area contributed by atoms with Gasteiger partial charge in [-0.1, -0.05) is 0 Å². The number of nitrogens with one attached hydrogen (secondary N) is 2. The van der Waals surface area contributed by atoms with E-state index in [0.29, 0.717) is 12.2 Å². The second kappa shape index (κ2) is 6.55. The molecule has 0 bridgehead atoms.